The Labute approximate surface area is 237 Å². The molecule has 2 saturated heterocycles. The molecule has 3 heteroatoms. The van der Waals surface area contributed by atoms with E-state index in [1.54, 1.807) is 0 Å². The van der Waals surface area contributed by atoms with Crippen molar-refractivity contribution in [3.05, 3.63) is 70.5 Å². The highest BCUT2D eigenvalue weighted by Gasteiger charge is 2.40. The van der Waals surface area contributed by atoms with E-state index < -0.39 is 0 Å². The van der Waals surface area contributed by atoms with Gasteiger partial charge in [0, 0.05) is 22.2 Å². The van der Waals surface area contributed by atoms with E-state index in [-0.39, 0.29) is 33.9 Å². The van der Waals surface area contributed by atoms with E-state index in [9.17, 15) is 0 Å². The number of halogens is 1. The van der Waals surface area contributed by atoms with Crippen LogP contribution in [-0.2, 0) is 0 Å². The summed E-state index contributed by atoms with van der Waals surface area (Å²) >= 11 is 0. The molecule has 2 aromatic rings. The smallest absolute Gasteiger partial charge is 0.126 e. The van der Waals surface area contributed by atoms with E-state index in [4.69, 9.17) is 0 Å². The lowest BCUT2D eigenvalue weighted by Gasteiger charge is -2.47. The lowest BCUT2D eigenvalue weighted by Crippen LogP contribution is -2.57. The summed E-state index contributed by atoms with van der Waals surface area (Å²) in [7, 11) is 0. The molecule has 214 valence electrons. The van der Waals surface area contributed by atoms with Crippen molar-refractivity contribution >= 4 is 0 Å². The molecule has 0 atom stereocenters. The van der Waals surface area contributed by atoms with Crippen LogP contribution in [0.3, 0.4) is 0 Å². The van der Waals surface area contributed by atoms with Crippen LogP contribution in [0, 0.1) is 5.82 Å². The van der Waals surface area contributed by atoms with Gasteiger partial charge in [-0.25, -0.2) is 4.39 Å². The number of hydrogen-bond acceptors (Lipinski definition) is 2. The molecular weight excluding hydrogens is 479 g/mol. The fourth-order valence-electron chi connectivity index (χ4n) is 9.03. The summed E-state index contributed by atoms with van der Waals surface area (Å²) in [5, 5.41) is 7.55. The van der Waals surface area contributed by atoms with E-state index in [1.807, 2.05) is 6.07 Å². The van der Waals surface area contributed by atoms with Crippen molar-refractivity contribution in [1.82, 2.24) is 10.6 Å². The maximum Gasteiger partial charge on any atom is 0.126 e. The predicted octanol–water partition coefficient (Wildman–Crippen LogP) is 9.32. The van der Waals surface area contributed by atoms with E-state index in [2.05, 4.69) is 102 Å². The third kappa shape index (κ3) is 6.79. The van der Waals surface area contributed by atoms with Crippen LogP contribution < -0.4 is 10.6 Å². The molecule has 1 saturated carbocycles. The third-order valence-corrected chi connectivity index (χ3v) is 9.92. The highest BCUT2D eigenvalue weighted by molar-refractivity contribution is 5.33. The van der Waals surface area contributed by atoms with Gasteiger partial charge in [-0.1, -0.05) is 36.4 Å². The molecule has 2 aliphatic heterocycles. The van der Waals surface area contributed by atoms with Crippen LogP contribution in [0.2, 0.25) is 0 Å². The second kappa shape index (κ2) is 10.3. The summed E-state index contributed by atoms with van der Waals surface area (Å²) in [5.74, 6) is 1.99. The van der Waals surface area contributed by atoms with Crippen molar-refractivity contribution in [3.8, 4) is 0 Å². The molecular formula is C36H53FN2. The van der Waals surface area contributed by atoms with Gasteiger partial charge in [0.25, 0.3) is 0 Å². The summed E-state index contributed by atoms with van der Waals surface area (Å²) in [6.07, 6.45) is 9.00. The minimum Gasteiger partial charge on any atom is -0.307 e. The molecule has 0 radical (unpaired) electrons. The Hall–Kier alpha value is -1.71. The van der Waals surface area contributed by atoms with Gasteiger partial charge in [-0.3, -0.25) is 0 Å². The van der Waals surface area contributed by atoms with Crippen LogP contribution in [0.5, 0.6) is 0 Å². The number of hydrogen-bond donors (Lipinski definition) is 2. The lowest BCUT2D eigenvalue weighted by atomic mass is 9.72. The quantitative estimate of drug-likeness (QED) is 0.410. The largest absolute Gasteiger partial charge is 0.307 e. The van der Waals surface area contributed by atoms with Crippen molar-refractivity contribution in [2.45, 2.75) is 153 Å². The Balaban J connectivity index is 1.21. The Morgan fingerprint density at radius 3 is 1.31 bits per heavy atom. The van der Waals surface area contributed by atoms with E-state index in [0.29, 0.717) is 17.8 Å². The summed E-state index contributed by atoms with van der Waals surface area (Å²) in [5.41, 5.74) is 5.48. The van der Waals surface area contributed by atoms with Gasteiger partial charge < -0.3 is 10.6 Å². The van der Waals surface area contributed by atoms with E-state index >= 15 is 4.39 Å². The average molecular weight is 533 g/mol. The highest BCUT2D eigenvalue weighted by atomic mass is 19.1. The van der Waals surface area contributed by atoms with Crippen molar-refractivity contribution < 1.29 is 4.39 Å². The first-order valence-electron chi connectivity index (χ1n) is 15.6. The van der Waals surface area contributed by atoms with Gasteiger partial charge in [-0.05, 0) is 159 Å². The van der Waals surface area contributed by atoms with Gasteiger partial charge in [0.05, 0.1) is 0 Å². The summed E-state index contributed by atoms with van der Waals surface area (Å²) < 4.78 is 15.5. The molecule has 5 rings (SSSR count). The molecule has 3 aliphatic rings. The van der Waals surface area contributed by atoms with Crippen molar-refractivity contribution in [2.24, 2.45) is 0 Å². The zero-order valence-electron chi connectivity index (χ0n) is 25.9. The van der Waals surface area contributed by atoms with Crippen LogP contribution in [0.4, 0.5) is 4.39 Å². The zero-order valence-corrected chi connectivity index (χ0v) is 25.9. The summed E-state index contributed by atoms with van der Waals surface area (Å²) in [6, 6.07) is 15.8. The maximum atomic E-state index is 15.5. The van der Waals surface area contributed by atoms with Gasteiger partial charge in [0.2, 0.25) is 0 Å². The number of piperidine rings is 2. The van der Waals surface area contributed by atoms with Gasteiger partial charge in [0.15, 0.2) is 0 Å². The summed E-state index contributed by atoms with van der Waals surface area (Å²) in [6.45, 7) is 18.3. The minimum atomic E-state index is 0.00739. The zero-order chi connectivity index (χ0) is 28.2. The van der Waals surface area contributed by atoms with Gasteiger partial charge in [0.1, 0.15) is 5.82 Å². The first-order valence-corrected chi connectivity index (χ1v) is 15.6. The Bertz CT molecular complexity index is 1120. The Morgan fingerprint density at radius 2 is 0.872 bits per heavy atom. The van der Waals surface area contributed by atoms with E-state index in [1.165, 1.54) is 42.4 Å². The SMILES string of the molecule is CC1(C)CC(c2ccc(C3CCC(c4ccc(C5CC(C)(C)NC(C)(C)C5)c(F)c4)CC3)cc2)CC(C)(C)N1. The average Bonchev–Trinajstić information content (AvgIpc) is 2.80. The van der Waals surface area contributed by atoms with E-state index in [0.717, 1.165) is 31.2 Å². The molecule has 0 bridgehead atoms. The predicted molar refractivity (Wildman–Crippen MR) is 163 cm³/mol. The molecule has 2 aromatic carbocycles. The fourth-order valence-corrected chi connectivity index (χ4v) is 9.03. The second-order valence-corrected chi connectivity index (χ2v) is 16.0. The topological polar surface area (TPSA) is 24.1 Å². The highest BCUT2D eigenvalue weighted by Crippen LogP contribution is 2.44. The number of nitrogens with one attached hydrogen (secondary N) is 2. The summed E-state index contributed by atoms with van der Waals surface area (Å²) in [4.78, 5) is 0. The molecule has 2 heterocycles. The van der Waals surface area contributed by atoms with Crippen LogP contribution in [-0.4, -0.2) is 22.2 Å². The maximum absolute atomic E-state index is 15.5. The molecule has 2 nitrogen and oxygen atoms in total. The molecule has 0 aromatic heterocycles. The van der Waals surface area contributed by atoms with Crippen LogP contribution in [0.25, 0.3) is 0 Å². The lowest BCUT2D eigenvalue weighted by molar-refractivity contribution is 0.160. The molecule has 1 aliphatic carbocycles. The number of rotatable bonds is 4. The van der Waals surface area contributed by atoms with Crippen molar-refractivity contribution in [2.75, 3.05) is 0 Å². The van der Waals surface area contributed by atoms with Gasteiger partial charge in [-0.15, -0.1) is 0 Å². The van der Waals surface area contributed by atoms with Gasteiger partial charge >= 0.3 is 0 Å². The second-order valence-electron chi connectivity index (χ2n) is 16.0. The van der Waals surface area contributed by atoms with Crippen molar-refractivity contribution in [1.29, 1.82) is 0 Å². The standard InChI is InChI=1S/C36H53FN2/c1-33(2)20-29(21-34(3,4)38-33)27-15-11-25(12-16-27)24-9-13-26(14-10-24)28-17-18-31(32(37)19-28)30-22-35(5,6)39-36(7,8)23-30/h11-12,15-19,24,26,29-30,38-39H,9-10,13-14,20-23H2,1-8H3. The normalized spacial score (nSPS) is 28.7. The third-order valence-electron chi connectivity index (χ3n) is 9.92. The fraction of sp³-hybridized carbons (Fsp3) is 0.667. The Kier molecular flexibility index (Phi) is 7.60. The molecule has 0 amide bonds. The first-order chi connectivity index (χ1) is 18.1. The first kappa shape index (κ1) is 28.8. The Morgan fingerprint density at radius 1 is 0.513 bits per heavy atom. The monoisotopic (exact) mass is 532 g/mol. The van der Waals surface area contributed by atoms with Gasteiger partial charge in [-0.2, -0.15) is 0 Å². The van der Waals surface area contributed by atoms with Crippen molar-refractivity contribution in [3.63, 3.8) is 0 Å². The van der Waals surface area contributed by atoms with Crippen LogP contribution in [0.15, 0.2) is 42.5 Å². The van der Waals surface area contributed by atoms with Crippen LogP contribution >= 0.6 is 0 Å². The van der Waals surface area contributed by atoms with Crippen LogP contribution in [0.1, 0.15) is 153 Å². The molecule has 3 fully saturated rings. The number of benzene rings is 2. The molecule has 39 heavy (non-hydrogen) atoms. The molecule has 2 N–H and O–H groups in total. The minimum absolute atomic E-state index is 0.00739. The molecule has 0 spiro atoms. The molecule has 0 unspecified atom stereocenters.